The number of hydrogen-bond donors (Lipinski definition) is 0. The topological polar surface area (TPSA) is 40.8 Å². The molecule has 1 aliphatic rings. The van der Waals surface area contributed by atoms with Gasteiger partial charge in [-0.25, -0.2) is 4.57 Å². The molecule has 0 saturated heterocycles. The highest BCUT2D eigenvalue weighted by Crippen LogP contribution is 2.46. The molecule has 29 heavy (non-hydrogen) atoms. The van der Waals surface area contributed by atoms with E-state index >= 15 is 0 Å². The molecule has 0 atom stereocenters. The van der Waals surface area contributed by atoms with Crippen LogP contribution in [-0.2, 0) is 13.0 Å². The van der Waals surface area contributed by atoms with Crippen LogP contribution < -0.4 is 23.5 Å². The number of aromatic nitrogens is 1. The minimum absolute atomic E-state index is 0.695. The molecular formula is C24H24NO4+. The van der Waals surface area contributed by atoms with Gasteiger partial charge in [-0.2, -0.15) is 0 Å². The second kappa shape index (κ2) is 6.69. The third-order valence-corrected chi connectivity index (χ3v) is 6.01. The molecule has 1 aromatic heterocycles. The lowest BCUT2D eigenvalue weighted by molar-refractivity contribution is -0.689. The van der Waals surface area contributed by atoms with E-state index < -0.39 is 0 Å². The van der Waals surface area contributed by atoms with Crippen LogP contribution in [0.1, 0.15) is 12.1 Å². The van der Waals surface area contributed by atoms with E-state index in [2.05, 4.69) is 29.0 Å². The first-order valence-corrected chi connectivity index (χ1v) is 9.78. The largest absolute Gasteiger partial charge is 0.493 e. The SMILES string of the molecule is COc1cc2c3cc4[n+](cc3c3ccc(OC)c(OC)c3c2cc1OC)CCC4. The van der Waals surface area contributed by atoms with Gasteiger partial charge in [0, 0.05) is 35.1 Å². The lowest BCUT2D eigenvalue weighted by Gasteiger charge is -2.17. The molecule has 3 aromatic carbocycles. The van der Waals surface area contributed by atoms with Crippen molar-refractivity contribution in [1.82, 2.24) is 0 Å². The number of hydrogen-bond acceptors (Lipinski definition) is 4. The molecule has 0 spiro atoms. The van der Waals surface area contributed by atoms with Gasteiger partial charge in [0.25, 0.3) is 0 Å². The summed E-state index contributed by atoms with van der Waals surface area (Å²) >= 11 is 0. The fraction of sp³-hybridized carbons (Fsp3) is 0.292. The summed E-state index contributed by atoms with van der Waals surface area (Å²) in [5.41, 5.74) is 1.37. The zero-order chi connectivity index (χ0) is 20.1. The van der Waals surface area contributed by atoms with Crippen LogP contribution in [0, 0.1) is 0 Å². The van der Waals surface area contributed by atoms with Gasteiger partial charge in [0.15, 0.2) is 34.9 Å². The van der Waals surface area contributed by atoms with Gasteiger partial charge in [-0.05, 0) is 35.0 Å². The Labute approximate surface area is 169 Å². The van der Waals surface area contributed by atoms with E-state index in [9.17, 15) is 0 Å². The lowest BCUT2D eigenvalue weighted by atomic mass is 9.93. The first-order chi connectivity index (χ1) is 14.2. The molecule has 0 aliphatic carbocycles. The van der Waals surface area contributed by atoms with Gasteiger partial charge in [-0.1, -0.05) is 0 Å². The Morgan fingerprint density at radius 1 is 0.690 bits per heavy atom. The van der Waals surface area contributed by atoms with Gasteiger partial charge in [-0.3, -0.25) is 0 Å². The first-order valence-electron chi connectivity index (χ1n) is 9.78. The van der Waals surface area contributed by atoms with E-state index in [1.807, 2.05) is 12.1 Å². The molecule has 0 fully saturated rings. The molecule has 0 unspecified atom stereocenters. The van der Waals surface area contributed by atoms with Gasteiger partial charge in [0.05, 0.1) is 33.8 Å². The summed E-state index contributed by atoms with van der Waals surface area (Å²) in [5.74, 6) is 2.86. The highest BCUT2D eigenvalue weighted by molar-refractivity contribution is 6.27. The van der Waals surface area contributed by atoms with Crippen molar-refractivity contribution in [3.8, 4) is 23.0 Å². The van der Waals surface area contributed by atoms with Crippen molar-refractivity contribution in [1.29, 1.82) is 0 Å². The maximum absolute atomic E-state index is 5.83. The minimum Gasteiger partial charge on any atom is -0.493 e. The molecule has 0 radical (unpaired) electrons. The smallest absolute Gasteiger partial charge is 0.182 e. The Hall–Kier alpha value is -3.21. The Bertz CT molecular complexity index is 1260. The van der Waals surface area contributed by atoms with Gasteiger partial charge >= 0.3 is 0 Å². The van der Waals surface area contributed by atoms with Crippen LogP contribution in [0.5, 0.6) is 23.0 Å². The minimum atomic E-state index is 0.695. The van der Waals surface area contributed by atoms with E-state index in [4.69, 9.17) is 18.9 Å². The van der Waals surface area contributed by atoms with Crippen LogP contribution in [0.2, 0.25) is 0 Å². The summed E-state index contributed by atoms with van der Waals surface area (Å²) in [6.45, 7) is 1.06. The molecule has 0 bridgehead atoms. The molecule has 4 aromatic rings. The quantitative estimate of drug-likeness (QED) is 0.382. The standard InChI is InChI=1S/C24H24NO4/c1-26-20-8-7-15-19-13-25-9-5-6-14(25)10-16(19)17-11-21(27-2)22(28-3)12-18(17)23(15)24(20)29-4/h7-8,10-13H,5-6,9H2,1-4H3/q+1. The number of rotatable bonds is 4. The van der Waals surface area contributed by atoms with Crippen LogP contribution in [0.3, 0.4) is 0 Å². The average Bonchev–Trinajstić information content (AvgIpc) is 3.23. The van der Waals surface area contributed by atoms with E-state index in [0.717, 1.165) is 46.0 Å². The monoisotopic (exact) mass is 390 g/mol. The molecule has 5 nitrogen and oxygen atoms in total. The van der Waals surface area contributed by atoms with Crippen molar-refractivity contribution in [2.75, 3.05) is 28.4 Å². The normalized spacial score (nSPS) is 13.1. The van der Waals surface area contributed by atoms with Gasteiger partial charge in [-0.15, -0.1) is 0 Å². The maximum Gasteiger partial charge on any atom is 0.182 e. The van der Waals surface area contributed by atoms with Crippen LogP contribution in [0.4, 0.5) is 0 Å². The van der Waals surface area contributed by atoms with Crippen molar-refractivity contribution >= 4 is 32.3 Å². The van der Waals surface area contributed by atoms with E-state index in [1.54, 1.807) is 28.4 Å². The third kappa shape index (κ3) is 2.50. The fourth-order valence-corrected chi connectivity index (χ4v) is 4.65. The molecule has 2 heterocycles. The predicted octanol–water partition coefficient (Wildman–Crippen LogP) is 4.41. The second-order valence-electron chi connectivity index (χ2n) is 7.37. The number of aryl methyl sites for hydroxylation is 2. The Kier molecular flexibility index (Phi) is 4.12. The number of benzene rings is 3. The highest BCUT2D eigenvalue weighted by atomic mass is 16.5. The number of fused-ring (bicyclic) bond motifs is 7. The summed E-state index contributed by atoms with van der Waals surface area (Å²) in [6, 6.07) is 10.5. The average molecular weight is 390 g/mol. The lowest BCUT2D eigenvalue weighted by Crippen LogP contribution is -2.32. The molecule has 0 amide bonds. The van der Waals surface area contributed by atoms with Crippen molar-refractivity contribution in [2.45, 2.75) is 19.4 Å². The second-order valence-corrected chi connectivity index (χ2v) is 7.37. The van der Waals surface area contributed by atoms with Crippen molar-refractivity contribution in [3.63, 3.8) is 0 Å². The summed E-state index contributed by atoms with van der Waals surface area (Å²) in [5, 5.41) is 6.75. The molecular weight excluding hydrogens is 366 g/mol. The maximum atomic E-state index is 5.83. The van der Waals surface area contributed by atoms with Crippen molar-refractivity contribution in [3.05, 3.63) is 42.2 Å². The van der Waals surface area contributed by atoms with Crippen molar-refractivity contribution < 1.29 is 23.5 Å². The molecule has 5 rings (SSSR count). The van der Waals surface area contributed by atoms with E-state index in [1.165, 1.54) is 22.9 Å². The Morgan fingerprint density at radius 2 is 1.38 bits per heavy atom. The zero-order valence-electron chi connectivity index (χ0n) is 17.2. The fourth-order valence-electron chi connectivity index (χ4n) is 4.65. The molecule has 0 N–H and O–H groups in total. The van der Waals surface area contributed by atoms with E-state index in [0.29, 0.717) is 11.5 Å². The molecule has 0 saturated carbocycles. The van der Waals surface area contributed by atoms with Crippen LogP contribution in [0.25, 0.3) is 32.3 Å². The predicted molar refractivity (Wildman–Crippen MR) is 114 cm³/mol. The summed E-state index contributed by atoms with van der Waals surface area (Å²) < 4.78 is 25.0. The number of ether oxygens (including phenoxy) is 4. The van der Waals surface area contributed by atoms with Crippen LogP contribution in [0.15, 0.2) is 36.5 Å². The zero-order valence-corrected chi connectivity index (χ0v) is 17.2. The molecule has 1 aliphatic heterocycles. The molecule has 5 heteroatoms. The number of pyridine rings is 1. The van der Waals surface area contributed by atoms with Crippen LogP contribution >= 0.6 is 0 Å². The van der Waals surface area contributed by atoms with Gasteiger partial charge in [0.2, 0.25) is 0 Å². The van der Waals surface area contributed by atoms with Crippen molar-refractivity contribution in [2.24, 2.45) is 0 Å². The Balaban J connectivity index is 2.07. The van der Waals surface area contributed by atoms with E-state index in [-0.39, 0.29) is 0 Å². The number of nitrogens with zero attached hydrogens (tertiary/aromatic N) is 1. The summed E-state index contributed by atoms with van der Waals surface area (Å²) in [4.78, 5) is 0. The third-order valence-electron chi connectivity index (χ3n) is 6.01. The van der Waals surface area contributed by atoms with Gasteiger partial charge < -0.3 is 18.9 Å². The number of methoxy groups -OCH3 is 4. The Morgan fingerprint density at radius 3 is 2.07 bits per heavy atom. The van der Waals surface area contributed by atoms with Crippen LogP contribution in [-0.4, -0.2) is 28.4 Å². The van der Waals surface area contributed by atoms with Gasteiger partial charge in [0.1, 0.15) is 6.54 Å². The summed E-state index contributed by atoms with van der Waals surface area (Å²) in [7, 11) is 6.68. The first kappa shape index (κ1) is 17.9. The summed E-state index contributed by atoms with van der Waals surface area (Å²) in [6.07, 6.45) is 4.57. The highest BCUT2D eigenvalue weighted by Gasteiger charge is 2.24. The molecule has 148 valence electrons.